The zero-order chi connectivity index (χ0) is 17.5. The molecule has 1 atom stereocenters. The molecule has 0 radical (unpaired) electrons. The van der Waals surface area contributed by atoms with Crippen LogP contribution in [-0.2, 0) is 16.6 Å². The first kappa shape index (κ1) is 18.8. The summed E-state index contributed by atoms with van der Waals surface area (Å²) in [5, 5.41) is 0.244. The van der Waals surface area contributed by atoms with Crippen LogP contribution in [0.4, 0.5) is 0 Å². The largest absolute Gasteiger partial charge is 0.294 e. The van der Waals surface area contributed by atoms with Crippen molar-refractivity contribution in [3.63, 3.8) is 0 Å². The Labute approximate surface area is 154 Å². The molecule has 1 aromatic carbocycles. The van der Waals surface area contributed by atoms with Gasteiger partial charge in [-0.25, -0.2) is 4.98 Å². The highest BCUT2D eigenvalue weighted by atomic mass is 35.5. The Bertz CT molecular complexity index is 763. The number of hydrogen-bond acceptors (Lipinski definition) is 3. The van der Waals surface area contributed by atoms with Crippen molar-refractivity contribution in [2.45, 2.75) is 29.9 Å². The van der Waals surface area contributed by atoms with Crippen LogP contribution < -0.4 is 0 Å². The van der Waals surface area contributed by atoms with E-state index in [-0.39, 0.29) is 21.8 Å². The minimum absolute atomic E-state index is 0.0613. The van der Waals surface area contributed by atoms with Crippen LogP contribution in [0.5, 0.6) is 0 Å². The van der Waals surface area contributed by atoms with Crippen molar-refractivity contribution < 1.29 is 9.00 Å². The SMILES string of the molecule is C=CCCCC(=O)c1c(CS(=O)c2ccccc2)cc(Cl)nc1Cl. The van der Waals surface area contributed by atoms with Crippen LogP contribution in [0.25, 0.3) is 0 Å². The summed E-state index contributed by atoms with van der Waals surface area (Å²) in [6, 6.07) is 10.6. The van der Waals surface area contributed by atoms with Crippen LogP contribution >= 0.6 is 23.2 Å². The zero-order valence-electron chi connectivity index (χ0n) is 13.0. The van der Waals surface area contributed by atoms with Gasteiger partial charge in [0.25, 0.3) is 0 Å². The normalized spacial score (nSPS) is 11.9. The molecule has 0 spiro atoms. The molecule has 24 heavy (non-hydrogen) atoms. The van der Waals surface area contributed by atoms with E-state index in [2.05, 4.69) is 11.6 Å². The van der Waals surface area contributed by atoms with E-state index in [4.69, 9.17) is 23.2 Å². The second kappa shape index (κ2) is 9.11. The van der Waals surface area contributed by atoms with Crippen molar-refractivity contribution in [1.29, 1.82) is 0 Å². The van der Waals surface area contributed by atoms with E-state index in [1.54, 1.807) is 24.3 Å². The molecule has 2 rings (SSSR count). The molecule has 0 aliphatic rings. The number of nitrogens with zero attached hydrogens (tertiary/aromatic N) is 1. The van der Waals surface area contributed by atoms with E-state index >= 15 is 0 Å². The number of Topliss-reactive ketones (excluding diaryl/α,β-unsaturated/α-hetero) is 1. The third-order valence-electron chi connectivity index (χ3n) is 3.41. The maximum absolute atomic E-state index is 12.6. The number of ketones is 1. The van der Waals surface area contributed by atoms with Crippen molar-refractivity contribution in [2.24, 2.45) is 0 Å². The number of rotatable bonds is 8. The van der Waals surface area contributed by atoms with Crippen LogP contribution in [-0.4, -0.2) is 15.0 Å². The lowest BCUT2D eigenvalue weighted by atomic mass is 10.0. The summed E-state index contributed by atoms with van der Waals surface area (Å²) in [6.07, 6.45) is 3.53. The highest BCUT2D eigenvalue weighted by Gasteiger charge is 2.19. The number of halogens is 2. The number of carbonyl (C=O) groups excluding carboxylic acids is 1. The topological polar surface area (TPSA) is 47.0 Å². The molecule has 0 bridgehead atoms. The summed E-state index contributed by atoms with van der Waals surface area (Å²) < 4.78 is 12.6. The Kier molecular flexibility index (Phi) is 7.16. The molecular formula is C18H17Cl2NO2S. The zero-order valence-corrected chi connectivity index (χ0v) is 15.3. The first-order valence-corrected chi connectivity index (χ1v) is 9.53. The van der Waals surface area contributed by atoms with Gasteiger partial charge in [-0.15, -0.1) is 6.58 Å². The Morgan fingerprint density at radius 2 is 1.96 bits per heavy atom. The number of aromatic nitrogens is 1. The number of carbonyl (C=O) groups is 1. The van der Waals surface area contributed by atoms with Crippen molar-refractivity contribution in [1.82, 2.24) is 4.98 Å². The quantitative estimate of drug-likeness (QED) is 0.272. The van der Waals surface area contributed by atoms with Gasteiger partial charge in [0.1, 0.15) is 10.3 Å². The van der Waals surface area contributed by atoms with Gasteiger partial charge in [-0.2, -0.15) is 0 Å². The van der Waals surface area contributed by atoms with Gasteiger partial charge in [-0.1, -0.05) is 47.5 Å². The lowest BCUT2D eigenvalue weighted by molar-refractivity contribution is 0.0979. The van der Waals surface area contributed by atoms with Gasteiger partial charge < -0.3 is 0 Å². The Balaban J connectivity index is 2.29. The molecule has 126 valence electrons. The molecule has 3 nitrogen and oxygen atoms in total. The fourth-order valence-corrected chi connectivity index (χ4v) is 3.98. The fraction of sp³-hybridized carbons (Fsp3) is 0.222. The van der Waals surface area contributed by atoms with E-state index in [1.807, 2.05) is 18.2 Å². The number of unbranched alkanes of at least 4 members (excludes halogenated alkanes) is 1. The summed E-state index contributed by atoms with van der Waals surface area (Å²) >= 11 is 12.1. The van der Waals surface area contributed by atoms with E-state index < -0.39 is 10.8 Å². The fourth-order valence-electron chi connectivity index (χ4n) is 2.27. The maximum Gasteiger partial charge on any atom is 0.166 e. The Hall–Kier alpha value is -1.49. The van der Waals surface area contributed by atoms with Crippen molar-refractivity contribution in [2.75, 3.05) is 0 Å². The van der Waals surface area contributed by atoms with E-state index in [1.165, 1.54) is 0 Å². The second-order valence-electron chi connectivity index (χ2n) is 5.18. The van der Waals surface area contributed by atoms with Crippen molar-refractivity contribution >= 4 is 39.8 Å². The number of allylic oxidation sites excluding steroid dienone is 1. The summed E-state index contributed by atoms with van der Waals surface area (Å²) in [6.45, 7) is 3.64. The van der Waals surface area contributed by atoms with Crippen LogP contribution in [0.1, 0.15) is 35.2 Å². The molecule has 1 aromatic heterocycles. The van der Waals surface area contributed by atoms with E-state index in [9.17, 15) is 9.00 Å². The Morgan fingerprint density at radius 1 is 1.25 bits per heavy atom. The molecule has 0 saturated heterocycles. The van der Waals surface area contributed by atoms with Crippen LogP contribution in [0.15, 0.2) is 53.9 Å². The first-order valence-electron chi connectivity index (χ1n) is 7.45. The minimum Gasteiger partial charge on any atom is -0.294 e. The molecule has 0 aliphatic carbocycles. The highest BCUT2D eigenvalue weighted by molar-refractivity contribution is 7.84. The lowest BCUT2D eigenvalue weighted by Gasteiger charge is -2.11. The molecule has 2 aromatic rings. The number of benzene rings is 1. The van der Waals surface area contributed by atoms with Gasteiger partial charge in [0.15, 0.2) is 5.78 Å². The predicted molar refractivity (Wildman–Crippen MR) is 99.2 cm³/mol. The molecule has 1 heterocycles. The summed E-state index contributed by atoms with van der Waals surface area (Å²) in [7, 11) is -1.30. The van der Waals surface area contributed by atoms with Crippen LogP contribution in [0.3, 0.4) is 0 Å². The molecule has 0 aliphatic heterocycles. The molecule has 1 unspecified atom stereocenters. The number of hydrogen-bond donors (Lipinski definition) is 0. The van der Waals surface area contributed by atoms with Gasteiger partial charge in [-0.3, -0.25) is 9.00 Å². The minimum atomic E-state index is -1.30. The molecule has 0 N–H and O–H groups in total. The van der Waals surface area contributed by atoms with E-state index in [0.29, 0.717) is 28.9 Å². The monoisotopic (exact) mass is 381 g/mol. The summed E-state index contributed by atoms with van der Waals surface area (Å²) in [5.74, 6) is 0.0418. The van der Waals surface area contributed by atoms with Gasteiger partial charge in [-0.05, 0) is 36.6 Å². The van der Waals surface area contributed by atoms with Gasteiger partial charge in [0.2, 0.25) is 0 Å². The van der Waals surface area contributed by atoms with E-state index in [0.717, 1.165) is 6.42 Å². The predicted octanol–water partition coefficient (Wildman–Crippen LogP) is 5.24. The smallest absolute Gasteiger partial charge is 0.166 e. The van der Waals surface area contributed by atoms with Crippen molar-refractivity contribution in [3.05, 3.63) is 70.5 Å². The highest BCUT2D eigenvalue weighted by Crippen LogP contribution is 2.26. The third kappa shape index (κ3) is 5.00. The first-order chi connectivity index (χ1) is 11.5. The van der Waals surface area contributed by atoms with Gasteiger partial charge in [0.05, 0.1) is 22.1 Å². The standard InChI is InChI=1S/C18H17Cl2NO2S/c1-2-3-5-10-15(22)17-13(11-16(19)21-18(17)20)12-24(23)14-8-6-4-7-9-14/h2,4,6-9,11H,1,3,5,10,12H2. The summed E-state index contributed by atoms with van der Waals surface area (Å²) in [5.41, 5.74) is 0.875. The summed E-state index contributed by atoms with van der Waals surface area (Å²) in [4.78, 5) is 17.1. The molecule has 0 amide bonds. The second-order valence-corrected chi connectivity index (χ2v) is 7.37. The average Bonchev–Trinajstić information content (AvgIpc) is 2.55. The van der Waals surface area contributed by atoms with Gasteiger partial charge in [0, 0.05) is 11.3 Å². The van der Waals surface area contributed by atoms with Crippen molar-refractivity contribution in [3.8, 4) is 0 Å². The average molecular weight is 382 g/mol. The molecule has 6 heteroatoms. The van der Waals surface area contributed by atoms with Crippen LogP contribution in [0.2, 0.25) is 10.3 Å². The lowest BCUT2D eigenvalue weighted by Crippen LogP contribution is -2.09. The maximum atomic E-state index is 12.6. The molecule has 0 fully saturated rings. The molecular weight excluding hydrogens is 365 g/mol. The third-order valence-corrected chi connectivity index (χ3v) is 5.25. The number of pyridine rings is 1. The van der Waals surface area contributed by atoms with Gasteiger partial charge >= 0.3 is 0 Å². The molecule has 0 saturated carbocycles. The van der Waals surface area contributed by atoms with Crippen LogP contribution in [0, 0.1) is 0 Å². The Morgan fingerprint density at radius 3 is 2.62 bits per heavy atom.